The fourth-order valence-electron chi connectivity index (χ4n) is 3.96. The second kappa shape index (κ2) is 7.68. The van der Waals surface area contributed by atoms with Crippen molar-refractivity contribution in [2.45, 2.75) is 19.4 Å². The maximum atomic E-state index is 14.6. The molecular formula is C24H20FN5O. The largest absolute Gasteiger partial charge is 0.360 e. The van der Waals surface area contributed by atoms with Crippen molar-refractivity contribution >= 4 is 27.6 Å². The number of benzene rings is 2. The SMILES string of the molecule is CC[C@H](Nc1nccc2[nH]cnc12)c1cc2cccc(F)c2c(=O)n1-c1ccccc1. The van der Waals surface area contributed by atoms with Crippen LogP contribution in [0.3, 0.4) is 0 Å². The van der Waals surface area contributed by atoms with Crippen molar-refractivity contribution in [3.8, 4) is 5.69 Å². The lowest BCUT2D eigenvalue weighted by Crippen LogP contribution is -2.27. The molecule has 0 unspecified atom stereocenters. The second-order valence-corrected chi connectivity index (χ2v) is 7.31. The quantitative estimate of drug-likeness (QED) is 0.427. The van der Waals surface area contributed by atoms with E-state index >= 15 is 0 Å². The third-order valence-corrected chi connectivity index (χ3v) is 5.45. The molecule has 0 saturated carbocycles. The number of hydrogen-bond donors (Lipinski definition) is 2. The molecule has 0 fully saturated rings. The first kappa shape index (κ1) is 19.0. The van der Waals surface area contributed by atoms with Crippen LogP contribution in [-0.2, 0) is 0 Å². The molecule has 0 aliphatic rings. The molecule has 0 radical (unpaired) electrons. The predicted octanol–water partition coefficient (Wildman–Crippen LogP) is 4.96. The molecule has 31 heavy (non-hydrogen) atoms. The van der Waals surface area contributed by atoms with Gasteiger partial charge in [0.15, 0.2) is 5.82 Å². The van der Waals surface area contributed by atoms with Crippen molar-refractivity contribution in [1.29, 1.82) is 0 Å². The van der Waals surface area contributed by atoms with Crippen molar-refractivity contribution in [3.05, 3.63) is 95.1 Å². The van der Waals surface area contributed by atoms with Crippen LogP contribution < -0.4 is 10.9 Å². The molecule has 2 aromatic carbocycles. The normalized spacial score (nSPS) is 12.3. The third-order valence-electron chi connectivity index (χ3n) is 5.45. The van der Waals surface area contributed by atoms with Crippen molar-refractivity contribution in [3.63, 3.8) is 0 Å². The molecule has 5 rings (SSSR count). The molecular weight excluding hydrogens is 393 g/mol. The standard InChI is InChI=1S/C24H20FN5O/c1-2-18(29-23-22-19(11-12-26-23)27-14-28-22)20-13-15-7-6-10-17(25)21(15)24(31)30(20)16-8-4-3-5-9-16/h3-14,18H,2H2,1H3,(H,26,29)(H,27,28)/t18-/m0/s1. The molecule has 2 N–H and O–H groups in total. The van der Waals surface area contributed by atoms with Gasteiger partial charge < -0.3 is 10.3 Å². The van der Waals surface area contributed by atoms with Gasteiger partial charge >= 0.3 is 0 Å². The summed E-state index contributed by atoms with van der Waals surface area (Å²) in [4.78, 5) is 25.4. The molecule has 6 nitrogen and oxygen atoms in total. The van der Waals surface area contributed by atoms with Gasteiger partial charge in [-0.15, -0.1) is 0 Å². The van der Waals surface area contributed by atoms with E-state index < -0.39 is 5.82 Å². The Bertz CT molecular complexity index is 1440. The first-order chi connectivity index (χ1) is 15.2. The zero-order chi connectivity index (χ0) is 21.4. The van der Waals surface area contributed by atoms with Gasteiger partial charge in [-0.05, 0) is 42.1 Å². The molecule has 0 aliphatic heterocycles. The van der Waals surface area contributed by atoms with Crippen LogP contribution in [-0.4, -0.2) is 19.5 Å². The Balaban J connectivity index is 1.74. The van der Waals surface area contributed by atoms with E-state index in [1.54, 1.807) is 29.2 Å². The van der Waals surface area contributed by atoms with Crippen LogP contribution in [0.2, 0.25) is 0 Å². The van der Waals surface area contributed by atoms with E-state index in [4.69, 9.17) is 0 Å². The van der Waals surface area contributed by atoms with E-state index in [0.29, 0.717) is 23.3 Å². The number of nitrogens with one attached hydrogen (secondary N) is 2. The summed E-state index contributed by atoms with van der Waals surface area (Å²) in [5.74, 6) is 0.0969. The summed E-state index contributed by atoms with van der Waals surface area (Å²) in [6, 6.07) is 17.5. The summed E-state index contributed by atoms with van der Waals surface area (Å²) in [5, 5.41) is 4.09. The highest BCUT2D eigenvalue weighted by molar-refractivity contribution is 5.86. The highest BCUT2D eigenvalue weighted by Crippen LogP contribution is 2.28. The van der Waals surface area contributed by atoms with Gasteiger partial charge in [0, 0.05) is 17.6 Å². The highest BCUT2D eigenvalue weighted by Gasteiger charge is 2.21. The maximum absolute atomic E-state index is 14.6. The summed E-state index contributed by atoms with van der Waals surface area (Å²) in [6.45, 7) is 2.03. The molecule has 5 aromatic rings. The average Bonchev–Trinajstić information content (AvgIpc) is 3.27. The van der Waals surface area contributed by atoms with Crippen molar-refractivity contribution < 1.29 is 4.39 Å². The Morgan fingerprint density at radius 1 is 1.10 bits per heavy atom. The summed E-state index contributed by atoms with van der Waals surface area (Å²) in [6.07, 6.45) is 4.00. The summed E-state index contributed by atoms with van der Waals surface area (Å²) >= 11 is 0. The van der Waals surface area contributed by atoms with Gasteiger partial charge in [-0.25, -0.2) is 14.4 Å². The van der Waals surface area contributed by atoms with E-state index in [0.717, 1.165) is 16.7 Å². The number of H-pyrrole nitrogens is 1. The first-order valence-corrected chi connectivity index (χ1v) is 10.1. The minimum absolute atomic E-state index is 0.0810. The molecule has 0 spiro atoms. The minimum Gasteiger partial charge on any atom is -0.360 e. The van der Waals surface area contributed by atoms with Crippen LogP contribution in [0.5, 0.6) is 0 Å². The maximum Gasteiger partial charge on any atom is 0.266 e. The molecule has 0 bridgehead atoms. The predicted molar refractivity (Wildman–Crippen MR) is 120 cm³/mol. The van der Waals surface area contributed by atoms with Crippen LogP contribution in [0.4, 0.5) is 10.2 Å². The topological polar surface area (TPSA) is 75.6 Å². The number of nitrogens with zero attached hydrogens (tertiary/aromatic N) is 3. The van der Waals surface area contributed by atoms with Gasteiger partial charge in [0.1, 0.15) is 11.3 Å². The Morgan fingerprint density at radius 2 is 1.94 bits per heavy atom. The average molecular weight is 413 g/mol. The first-order valence-electron chi connectivity index (χ1n) is 10.1. The zero-order valence-electron chi connectivity index (χ0n) is 16.8. The Kier molecular flexibility index (Phi) is 4.71. The molecule has 3 heterocycles. The van der Waals surface area contributed by atoms with Gasteiger partial charge in [-0.2, -0.15) is 0 Å². The second-order valence-electron chi connectivity index (χ2n) is 7.31. The smallest absolute Gasteiger partial charge is 0.266 e. The minimum atomic E-state index is -0.525. The molecule has 7 heteroatoms. The van der Waals surface area contributed by atoms with Gasteiger partial charge in [-0.3, -0.25) is 9.36 Å². The number of fused-ring (bicyclic) bond motifs is 2. The van der Waals surface area contributed by atoms with E-state index in [2.05, 4.69) is 20.3 Å². The number of hydrogen-bond acceptors (Lipinski definition) is 4. The number of halogens is 1. The Labute approximate surface area is 177 Å². The van der Waals surface area contributed by atoms with Crippen LogP contribution >= 0.6 is 0 Å². The fraction of sp³-hybridized carbons (Fsp3) is 0.125. The number of imidazole rings is 1. The van der Waals surface area contributed by atoms with Gasteiger partial charge in [0.25, 0.3) is 5.56 Å². The van der Waals surface area contributed by atoms with Crippen LogP contribution in [0.25, 0.3) is 27.5 Å². The lowest BCUT2D eigenvalue weighted by atomic mass is 10.0. The van der Waals surface area contributed by atoms with Crippen molar-refractivity contribution in [1.82, 2.24) is 19.5 Å². The lowest BCUT2D eigenvalue weighted by Gasteiger charge is -2.23. The van der Waals surface area contributed by atoms with E-state index in [-0.39, 0.29) is 17.0 Å². The number of aromatic amines is 1. The van der Waals surface area contributed by atoms with E-state index in [1.165, 1.54) is 6.07 Å². The molecule has 154 valence electrons. The molecule has 0 saturated heterocycles. The summed E-state index contributed by atoms with van der Waals surface area (Å²) in [7, 11) is 0. The number of rotatable bonds is 5. The van der Waals surface area contributed by atoms with Gasteiger partial charge in [0.05, 0.1) is 23.3 Å². The Hall–Kier alpha value is -4.00. The van der Waals surface area contributed by atoms with Gasteiger partial charge in [-0.1, -0.05) is 37.3 Å². The van der Waals surface area contributed by atoms with Crippen molar-refractivity contribution in [2.75, 3.05) is 5.32 Å². The van der Waals surface area contributed by atoms with E-state index in [9.17, 15) is 9.18 Å². The van der Waals surface area contributed by atoms with E-state index in [1.807, 2.05) is 49.4 Å². The molecule has 0 amide bonds. The number of aromatic nitrogens is 4. The van der Waals surface area contributed by atoms with Gasteiger partial charge in [0.2, 0.25) is 0 Å². The van der Waals surface area contributed by atoms with Crippen LogP contribution in [0.1, 0.15) is 25.1 Å². The van der Waals surface area contributed by atoms with Crippen molar-refractivity contribution in [2.24, 2.45) is 0 Å². The zero-order valence-corrected chi connectivity index (χ0v) is 16.8. The summed E-state index contributed by atoms with van der Waals surface area (Å²) < 4.78 is 16.2. The number of anilines is 1. The Morgan fingerprint density at radius 3 is 2.74 bits per heavy atom. The summed E-state index contributed by atoms with van der Waals surface area (Å²) in [5.41, 5.74) is 2.61. The lowest BCUT2D eigenvalue weighted by molar-refractivity contribution is 0.635. The fourth-order valence-corrected chi connectivity index (χ4v) is 3.96. The molecule has 1 atom stereocenters. The monoisotopic (exact) mass is 413 g/mol. The molecule has 3 aromatic heterocycles. The highest BCUT2D eigenvalue weighted by atomic mass is 19.1. The molecule has 0 aliphatic carbocycles. The van der Waals surface area contributed by atoms with Crippen LogP contribution in [0, 0.1) is 5.82 Å². The number of para-hydroxylation sites is 1. The number of pyridine rings is 2. The van der Waals surface area contributed by atoms with Crippen LogP contribution in [0.15, 0.2) is 78.0 Å². The third kappa shape index (κ3) is 3.24.